The normalized spacial score (nSPS) is 49.0. The quantitative estimate of drug-likeness (QED) is 0.717. The van der Waals surface area contributed by atoms with Crippen LogP contribution in [0.3, 0.4) is 0 Å². The summed E-state index contributed by atoms with van der Waals surface area (Å²) >= 11 is 0. The lowest BCUT2D eigenvalue weighted by Crippen LogP contribution is -2.67. The highest BCUT2D eigenvalue weighted by Gasteiger charge is 2.66. The van der Waals surface area contributed by atoms with Crippen LogP contribution < -0.4 is 5.32 Å². The average Bonchev–Trinajstić information content (AvgIpc) is 2.51. The molecule has 1 aliphatic heterocycles. The minimum Gasteiger partial charge on any atom is -0.463 e. The van der Waals surface area contributed by atoms with Crippen LogP contribution in [0.1, 0.15) is 92.4 Å². The summed E-state index contributed by atoms with van der Waals surface area (Å²) < 4.78 is 5.73. The maximum absolute atomic E-state index is 13.1. The SMILES string of the molecule is CC(C)OC(=O)[C@]1(C)CCC[C@@]2(C)[C@@H]3CC[C@@]4(C)CC3(CC[C@@H]21)CC(=O)N4. The maximum atomic E-state index is 13.1. The topological polar surface area (TPSA) is 55.4 Å². The maximum Gasteiger partial charge on any atom is 0.312 e. The highest BCUT2D eigenvalue weighted by Crippen LogP contribution is 2.70. The largest absolute Gasteiger partial charge is 0.463 e. The summed E-state index contributed by atoms with van der Waals surface area (Å²) in [5.41, 5.74) is -0.124. The molecule has 2 bridgehead atoms. The number of nitrogens with one attached hydrogen (secondary N) is 1. The van der Waals surface area contributed by atoms with Crippen LogP contribution in [0.25, 0.3) is 0 Å². The molecule has 0 aromatic rings. The molecule has 1 saturated heterocycles. The molecule has 3 saturated carbocycles. The molecule has 6 atom stereocenters. The minimum absolute atomic E-state index is 0.00594. The van der Waals surface area contributed by atoms with E-state index in [4.69, 9.17) is 4.74 Å². The van der Waals surface area contributed by atoms with Crippen LogP contribution in [-0.2, 0) is 14.3 Å². The first-order valence-electron chi connectivity index (χ1n) is 11.1. The van der Waals surface area contributed by atoms with Crippen LogP contribution in [-0.4, -0.2) is 23.5 Å². The van der Waals surface area contributed by atoms with Crippen LogP contribution in [0.15, 0.2) is 0 Å². The molecular weight excluding hydrogens is 338 g/mol. The molecule has 3 aliphatic carbocycles. The Bertz CT molecular complexity index is 660. The molecule has 1 spiro atoms. The molecule has 0 aromatic carbocycles. The summed E-state index contributed by atoms with van der Waals surface area (Å²) in [4.78, 5) is 25.7. The molecule has 1 unspecified atom stereocenters. The molecule has 4 aliphatic rings. The van der Waals surface area contributed by atoms with Crippen molar-refractivity contribution in [2.24, 2.45) is 28.1 Å². The van der Waals surface area contributed by atoms with Gasteiger partial charge in [0.05, 0.1) is 11.5 Å². The van der Waals surface area contributed by atoms with Crippen molar-refractivity contribution in [3.63, 3.8) is 0 Å². The van der Waals surface area contributed by atoms with Gasteiger partial charge in [-0.25, -0.2) is 0 Å². The van der Waals surface area contributed by atoms with E-state index in [2.05, 4.69) is 26.1 Å². The molecule has 152 valence electrons. The Morgan fingerprint density at radius 1 is 1.07 bits per heavy atom. The Morgan fingerprint density at radius 3 is 2.48 bits per heavy atom. The number of esters is 1. The minimum atomic E-state index is -0.378. The second-order valence-corrected chi connectivity index (χ2v) is 11.2. The molecule has 4 heteroatoms. The first kappa shape index (κ1) is 19.3. The van der Waals surface area contributed by atoms with Crippen LogP contribution in [0.5, 0.6) is 0 Å². The van der Waals surface area contributed by atoms with Gasteiger partial charge in [0.2, 0.25) is 5.91 Å². The third-order valence-corrected chi connectivity index (χ3v) is 8.93. The van der Waals surface area contributed by atoms with Gasteiger partial charge in [0.25, 0.3) is 0 Å². The lowest BCUT2D eigenvalue weighted by Gasteiger charge is -2.67. The van der Waals surface area contributed by atoms with Crippen LogP contribution in [0.2, 0.25) is 0 Å². The number of carbonyl (C=O) groups excluding carboxylic acids is 2. The van der Waals surface area contributed by atoms with Gasteiger partial charge in [-0.1, -0.05) is 13.3 Å². The number of hydrogen-bond acceptors (Lipinski definition) is 3. The number of rotatable bonds is 2. The van der Waals surface area contributed by atoms with Gasteiger partial charge >= 0.3 is 5.97 Å². The molecule has 0 radical (unpaired) electrons. The summed E-state index contributed by atoms with van der Waals surface area (Å²) in [5, 5.41) is 3.28. The summed E-state index contributed by atoms with van der Waals surface area (Å²) in [7, 11) is 0. The lowest BCUT2D eigenvalue weighted by molar-refractivity contribution is -0.200. The van der Waals surface area contributed by atoms with Crippen molar-refractivity contribution in [2.75, 3.05) is 0 Å². The van der Waals surface area contributed by atoms with Gasteiger partial charge in [0, 0.05) is 12.0 Å². The van der Waals surface area contributed by atoms with Crippen molar-refractivity contribution in [3.05, 3.63) is 0 Å². The predicted molar refractivity (Wildman–Crippen MR) is 105 cm³/mol. The molecule has 4 nitrogen and oxygen atoms in total. The summed E-state index contributed by atoms with van der Waals surface area (Å²) in [6, 6.07) is 0. The number of carbonyl (C=O) groups is 2. The third-order valence-electron chi connectivity index (χ3n) is 8.93. The predicted octanol–water partition coefficient (Wildman–Crippen LogP) is 4.61. The Balaban J connectivity index is 1.69. The van der Waals surface area contributed by atoms with Crippen LogP contribution in [0.4, 0.5) is 0 Å². The van der Waals surface area contributed by atoms with Crippen LogP contribution in [0, 0.1) is 28.1 Å². The fraction of sp³-hybridized carbons (Fsp3) is 0.913. The van der Waals surface area contributed by atoms with Gasteiger partial charge in [-0.15, -0.1) is 0 Å². The molecule has 27 heavy (non-hydrogen) atoms. The van der Waals surface area contributed by atoms with Gasteiger partial charge < -0.3 is 10.1 Å². The molecule has 0 aromatic heterocycles. The van der Waals surface area contributed by atoms with E-state index in [1.807, 2.05) is 13.8 Å². The smallest absolute Gasteiger partial charge is 0.312 e. The average molecular weight is 376 g/mol. The van der Waals surface area contributed by atoms with Gasteiger partial charge in [0.1, 0.15) is 0 Å². The fourth-order valence-electron chi connectivity index (χ4n) is 8.13. The van der Waals surface area contributed by atoms with Gasteiger partial charge in [-0.05, 0) is 95.3 Å². The first-order valence-corrected chi connectivity index (χ1v) is 11.1. The molecular formula is C23H37NO3. The Morgan fingerprint density at radius 2 is 1.78 bits per heavy atom. The highest BCUT2D eigenvalue weighted by molar-refractivity contribution is 5.79. The van der Waals surface area contributed by atoms with Crippen molar-refractivity contribution in [3.8, 4) is 0 Å². The zero-order chi connectivity index (χ0) is 19.7. The Kier molecular flexibility index (Phi) is 4.26. The lowest BCUT2D eigenvalue weighted by atomic mass is 9.38. The number of fused-ring (bicyclic) bond motifs is 3. The number of piperidine rings is 1. The fourth-order valence-corrected chi connectivity index (χ4v) is 8.13. The summed E-state index contributed by atoms with van der Waals surface area (Å²) in [6.45, 7) is 10.7. The van der Waals surface area contributed by atoms with E-state index in [1.165, 1.54) is 12.8 Å². The van der Waals surface area contributed by atoms with E-state index in [0.29, 0.717) is 18.3 Å². The Hall–Kier alpha value is -1.06. The monoisotopic (exact) mass is 375 g/mol. The van der Waals surface area contributed by atoms with E-state index < -0.39 is 0 Å². The molecule has 1 N–H and O–H groups in total. The van der Waals surface area contributed by atoms with Gasteiger partial charge in [-0.2, -0.15) is 0 Å². The second-order valence-electron chi connectivity index (χ2n) is 11.2. The molecule has 1 heterocycles. The zero-order valence-corrected chi connectivity index (χ0v) is 17.8. The van der Waals surface area contributed by atoms with Crippen molar-refractivity contribution in [1.29, 1.82) is 0 Å². The van der Waals surface area contributed by atoms with E-state index in [0.717, 1.165) is 38.5 Å². The van der Waals surface area contributed by atoms with E-state index in [-0.39, 0.29) is 39.8 Å². The van der Waals surface area contributed by atoms with Crippen molar-refractivity contribution in [2.45, 2.75) is 104 Å². The number of amides is 1. The van der Waals surface area contributed by atoms with Gasteiger partial charge in [0.15, 0.2) is 0 Å². The van der Waals surface area contributed by atoms with Crippen LogP contribution >= 0.6 is 0 Å². The van der Waals surface area contributed by atoms with Gasteiger partial charge in [-0.3, -0.25) is 9.59 Å². The molecule has 4 fully saturated rings. The standard InChI is InChI=1S/C23H37NO3/c1-15(2)27-19(26)22(5)10-6-9-21(4)16(22)8-12-23-13-18(25)24-20(3,14-23)11-7-17(21)23/h15-17H,6-14H2,1-5H3,(H,24,25)/t16-,17-,20-,21+,22+,23?/m0/s1. The Labute approximate surface area is 164 Å². The molecule has 4 rings (SSSR count). The van der Waals surface area contributed by atoms with Crippen molar-refractivity contribution >= 4 is 11.9 Å². The number of hydrogen-bond donors (Lipinski definition) is 1. The van der Waals surface area contributed by atoms with Crippen molar-refractivity contribution < 1.29 is 14.3 Å². The summed E-state index contributed by atoms with van der Waals surface area (Å²) in [6.07, 6.45) is 9.35. The zero-order valence-electron chi connectivity index (χ0n) is 17.8. The third kappa shape index (κ3) is 2.76. The second kappa shape index (κ2) is 5.97. The van der Waals surface area contributed by atoms with Crippen molar-refractivity contribution in [1.82, 2.24) is 5.32 Å². The number of ether oxygens (including phenoxy) is 1. The molecule has 1 amide bonds. The van der Waals surface area contributed by atoms with E-state index >= 15 is 0 Å². The first-order chi connectivity index (χ1) is 12.5. The van der Waals surface area contributed by atoms with E-state index in [9.17, 15) is 9.59 Å². The summed E-state index contributed by atoms with van der Waals surface area (Å²) in [5.74, 6) is 1.17. The highest BCUT2D eigenvalue weighted by atomic mass is 16.5. The van der Waals surface area contributed by atoms with E-state index in [1.54, 1.807) is 0 Å².